The molecule has 0 aliphatic heterocycles. The van der Waals surface area contributed by atoms with E-state index in [0.717, 1.165) is 18.3 Å². The van der Waals surface area contributed by atoms with E-state index in [1.54, 1.807) is 14.2 Å². The predicted molar refractivity (Wildman–Crippen MR) is 88.5 cm³/mol. The van der Waals surface area contributed by atoms with Crippen molar-refractivity contribution in [1.29, 1.82) is 0 Å². The first-order valence-electron chi connectivity index (χ1n) is 5.89. The zero-order valence-electron chi connectivity index (χ0n) is 11.6. The van der Waals surface area contributed by atoms with Crippen LogP contribution < -0.4 is 15.4 Å². The van der Waals surface area contributed by atoms with Crippen LogP contribution in [0.25, 0.3) is 0 Å². The molecule has 0 aliphatic carbocycles. The third-order valence-electron chi connectivity index (χ3n) is 2.40. The summed E-state index contributed by atoms with van der Waals surface area (Å²) >= 11 is 0. The maximum atomic E-state index is 5.49. The molecule has 1 aromatic carbocycles. The standard InChI is InChI=1S/C13H21N3O2.HI/c1-14-13(15-2)16-10-11-4-6-12(7-5-11)18-9-8-17-3;/h4-7H,8-10H2,1-3H3,(H2,14,15,16);1H. The van der Waals surface area contributed by atoms with Crippen LogP contribution in [-0.2, 0) is 11.3 Å². The molecule has 0 aromatic heterocycles. The maximum Gasteiger partial charge on any atom is 0.190 e. The van der Waals surface area contributed by atoms with Crippen molar-refractivity contribution in [3.05, 3.63) is 29.8 Å². The van der Waals surface area contributed by atoms with Gasteiger partial charge in [0.05, 0.1) is 6.61 Å². The van der Waals surface area contributed by atoms with E-state index in [9.17, 15) is 0 Å². The monoisotopic (exact) mass is 379 g/mol. The minimum atomic E-state index is 0. The number of ether oxygens (including phenoxy) is 2. The van der Waals surface area contributed by atoms with Crippen LogP contribution in [0, 0.1) is 0 Å². The third-order valence-corrected chi connectivity index (χ3v) is 2.40. The average molecular weight is 379 g/mol. The van der Waals surface area contributed by atoms with Crippen LogP contribution in [-0.4, -0.2) is 40.4 Å². The molecule has 0 atom stereocenters. The van der Waals surface area contributed by atoms with Crippen molar-refractivity contribution in [1.82, 2.24) is 10.6 Å². The fraction of sp³-hybridized carbons (Fsp3) is 0.462. The number of hydrogen-bond donors (Lipinski definition) is 2. The van der Waals surface area contributed by atoms with Crippen LogP contribution in [0.5, 0.6) is 5.75 Å². The minimum Gasteiger partial charge on any atom is -0.491 e. The lowest BCUT2D eigenvalue weighted by atomic mass is 10.2. The molecule has 19 heavy (non-hydrogen) atoms. The van der Waals surface area contributed by atoms with Gasteiger partial charge in [-0.1, -0.05) is 12.1 Å². The molecule has 0 aliphatic rings. The van der Waals surface area contributed by atoms with E-state index in [-0.39, 0.29) is 24.0 Å². The first-order chi connectivity index (χ1) is 8.80. The summed E-state index contributed by atoms with van der Waals surface area (Å²) in [6.07, 6.45) is 0. The first-order valence-corrected chi connectivity index (χ1v) is 5.89. The van der Waals surface area contributed by atoms with Crippen molar-refractivity contribution in [2.24, 2.45) is 4.99 Å². The van der Waals surface area contributed by atoms with E-state index in [1.165, 1.54) is 5.56 Å². The number of halogens is 1. The summed E-state index contributed by atoms with van der Waals surface area (Å²) in [6.45, 7) is 1.90. The topological polar surface area (TPSA) is 54.9 Å². The lowest BCUT2D eigenvalue weighted by Gasteiger charge is -2.09. The van der Waals surface area contributed by atoms with Crippen LogP contribution in [0.3, 0.4) is 0 Å². The van der Waals surface area contributed by atoms with Crippen LogP contribution >= 0.6 is 24.0 Å². The number of hydrogen-bond acceptors (Lipinski definition) is 3. The molecule has 0 radical (unpaired) electrons. The number of aliphatic imine (C=N–C) groups is 1. The van der Waals surface area contributed by atoms with Gasteiger partial charge in [0.25, 0.3) is 0 Å². The Morgan fingerprint density at radius 1 is 1.21 bits per heavy atom. The van der Waals surface area contributed by atoms with Gasteiger partial charge in [-0.15, -0.1) is 24.0 Å². The van der Waals surface area contributed by atoms with Crippen molar-refractivity contribution in [2.75, 3.05) is 34.4 Å². The van der Waals surface area contributed by atoms with Gasteiger partial charge in [-0.2, -0.15) is 0 Å². The van der Waals surface area contributed by atoms with Gasteiger partial charge in [-0.3, -0.25) is 4.99 Å². The summed E-state index contributed by atoms with van der Waals surface area (Å²) in [6, 6.07) is 7.96. The molecule has 0 heterocycles. The van der Waals surface area contributed by atoms with Gasteiger partial charge >= 0.3 is 0 Å². The highest BCUT2D eigenvalue weighted by molar-refractivity contribution is 14.0. The van der Waals surface area contributed by atoms with Crippen molar-refractivity contribution < 1.29 is 9.47 Å². The molecule has 1 aromatic rings. The molecule has 0 fully saturated rings. The lowest BCUT2D eigenvalue weighted by molar-refractivity contribution is 0.146. The second kappa shape index (κ2) is 10.9. The Labute approximate surface area is 131 Å². The molecule has 0 saturated heterocycles. The summed E-state index contributed by atoms with van der Waals surface area (Å²) in [5.74, 6) is 1.63. The summed E-state index contributed by atoms with van der Waals surface area (Å²) in [4.78, 5) is 4.04. The Morgan fingerprint density at radius 3 is 2.42 bits per heavy atom. The molecule has 0 unspecified atom stereocenters. The largest absolute Gasteiger partial charge is 0.491 e. The van der Waals surface area contributed by atoms with Crippen molar-refractivity contribution in [3.8, 4) is 5.75 Å². The van der Waals surface area contributed by atoms with E-state index >= 15 is 0 Å². The van der Waals surface area contributed by atoms with Crippen LogP contribution in [0.4, 0.5) is 0 Å². The quantitative estimate of drug-likeness (QED) is 0.342. The Balaban J connectivity index is 0.00000324. The number of rotatable bonds is 6. The summed E-state index contributed by atoms with van der Waals surface area (Å²) in [5.41, 5.74) is 1.17. The highest BCUT2D eigenvalue weighted by Crippen LogP contribution is 2.11. The van der Waals surface area contributed by atoms with E-state index < -0.39 is 0 Å². The molecule has 6 heteroatoms. The number of nitrogens with zero attached hydrogens (tertiary/aromatic N) is 1. The van der Waals surface area contributed by atoms with Gasteiger partial charge in [0.15, 0.2) is 5.96 Å². The molecular weight excluding hydrogens is 357 g/mol. The maximum absolute atomic E-state index is 5.49. The Hall–Kier alpha value is -1.02. The van der Waals surface area contributed by atoms with Crippen LogP contribution in [0.2, 0.25) is 0 Å². The molecule has 0 bridgehead atoms. The Bertz CT molecular complexity index is 369. The van der Waals surface area contributed by atoms with Gasteiger partial charge in [-0.25, -0.2) is 0 Å². The summed E-state index contributed by atoms with van der Waals surface area (Å²) in [7, 11) is 5.24. The van der Waals surface area contributed by atoms with Crippen molar-refractivity contribution in [3.63, 3.8) is 0 Å². The molecule has 108 valence electrons. The zero-order valence-corrected chi connectivity index (χ0v) is 13.9. The van der Waals surface area contributed by atoms with Crippen molar-refractivity contribution in [2.45, 2.75) is 6.54 Å². The number of benzene rings is 1. The average Bonchev–Trinajstić information content (AvgIpc) is 2.42. The molecule has 1 rings (SSSR count). The minimum absolute atomic E-state index is 0. The second-order valence-electron chi connectivity index (χ2n) is 3.66. The van der Waals surface area contributed by atoms with E-state index in [1.807, 2.05) is 31.3 Å². The molecular formula is C13H22IN3O2. The van der Waals surface area contributed by atoms with Crippen molar-refractivity contribution >= 4 is 29.9 Å². The summed E-state index contributed by atoms with van der Waals surface area (Å²) < 4.78 is 10.4. The molecule has 0 saturated carbocycles. The number of nitrogens with one attached hydrogen (secondary N) is 2. The van der Waals surface area contributed by atoms with E-state index in [0.29, 0.717) is 13.2 Å². The first kappa shape index (κ1) is 18.0. The Morgan fingerprint density at radius 2 is 1.89 bits per heavy atom. The Kier molecular flexibility index (Phi) is 10.3. The van der Waals surface area contributed by atoms with E-state index in [4.69, 9.17) is 9.47 Å². The van der Waals surface area contributed by atoms with Gasteiger partial charge < -0.3 is 20.1 Å². The molecule has 2 N–H and O–H groups in total. The number of methoxy groups -OCH3 is 1. The SMILES string of the molecule is CN=C(NC)NCc1ccc(OCCOC)cc1.I. The highest BCUT2D eigenvalue weighted by Gasteiger charge is 1.97. The van der Waals surface area contributed by atoms with Crippen LogP contribution in [0.1, 0.15) is 5.56 Å². The van der Waals surface area contributed by atoms with E-state index in [2.05, 4.69) is 15.6 Å². The lowest BCUT2D eigenvalue weighted by Crippen LogP contribution is -2.34. The fourth-order valence-corrected chi connectivity index (χ4v) is 1.41. The highest BCUT2D eigenvalue weighted by atomic mass is 127. The van der Waals surface area contributed by atoms with Crippen LogP contribution in [0.15, 0.2) is 29.3 Å². The number of guanidine groups is 1. The molecule has 0 spiro atoms. The second-order valence-corrected chi connectivity index (χ2v) is 3.66. The molecule has 0 amide bonds. The third kappa shape index (κ3) is 7.22. The molecule has 5 nitrogen and oxygen atoms in total. The van der Waals surface area contributed by atoms with Gasteiger partial charge in [-0.05, 0) is 17.7 Å². The van der Waals surface area contributed by atoms with Gasteiger partial charge in [0, 0.05) is 27.7 Å². The predicted octanol–water partition coefficient (Wildman–Crippen LogP) is 1.62. The summed E-state index contributed by atoms with van der Waals surface area (Å²) in [5, 5.41) is 6.15. The van der Waals surface area contributed by atoms with Gasteiger partial charge in [0.2, 0.25) is 0 Å². The van der Waals surface area contributed by atoms with Gasteiger partial charge in [0.1, 0.15) is 12.4 Å². The smallest absolute Gasteiger partial charge is 0.190 e. The fourth-order valence-electron chi connectivity index (χ4n) is 1.41. The zero-order chi connectivity index (χ0) is 13.2. The normalized spacial score (nSPS) is 10.6.